The fourth-order valence-electron chi connectivity index (χ4n) is 1.48. The third-order valence-corrected chi connectivity index (χ3v) is 2.31. The Labute approximate surface area is 112 Å². The molecule has 106 valence electrons. The molecule has 0 saturated heterocycles. The van der Waals surface area contributed by atoms with Gasteiger partial charge in [0.15, 0.2) is 0 Å². The molecule has 0 radical (unpaired) electrons. The molecule has 6 nitrogen and oxygen atoms in total. The van der Waals surface area contributed by atoms with Gasteiger partial charge in [-0.3, -0.25) is 0 Å². The van der Waals surface area contributed by atoms with E-state index in [1.165, 1.54) is 12.1 Å². The van der Waals surface area contributed by atoms with Crippen molar-refractivity contribution in [2.45, 2.75) is 6.42 Å². The second kappa shape index (κ2) is 8.34. The molecule has 0 heterocycles. The molecule has 0 amide bonds. The van der Waals surface area contributed by atoms with E-state index in [-0.39, 0.29) is 6.61 Å². The third kappa shape index (κ3) is 6.08. The summed E-state index contributed by atoms with van der Waals surface area (Å²) in [4.78, 5) is 11.7. The van der Waals surface area contributed by atoms with Crippen molar-refractivity contribution in [3.8, 4) is 0 Å². The average molecular weight is 268 g/mol. The maximum Gasteiger partial charge on any atom is 0.338 e. The first-order valence-electron chi connectivity index (χ1n) is 6.03. The second-order valence-electron chi connectivity index (χ2n) is 3.98. The van der Waals surface area contributed by atoms with Crippen molar-refractivity contribution in [3.63, 3.8) is 0 Å². The summed E-state index contributed by atoms with van der Waals surface area (Å²) >= 11 is 0. The minimum Gasteiger partial charge on any atom is -0.460 e. The Hall–Kier alpha value is -1.79. The molecule has 0 aromatic heterocycles. The molecule has 0 unspecified atom stereocenters. The lowest BCUT2D eigenvalue weighted by Crippen LogP contribution is -2.12. The lowest BCUT2D eigenvalue weighted by atomic mass is 10.2. The molecule has 0 saturated carbocycles. The van der Waals surface area contributed by atoms with Crippen molar-refractivity contribution in [2.75, 3.05) is 45.0 Å². The normalized spacial score (nSPS) is 10.4. The zero-order valence-corrected chi connectivity index (χ0v) is 11.1. The van der Waals surface area contributed by atoms with Gasteiger partial charge in [-0.2, -0.15) is 0 Å². The highest BCUT2D eigenvalue weighted by atomic mass is 16.6. The maximum absolute atomic E-state index is 11.7. The maximum atomic E-state index is 11.7. The van der Waals surface area contributed by atoms with Gasteiger partial charge in [0.2, 0.25) is 0 Å². The number of nitrogens with two attached hydrogens (primary N) is 2. The van der Waals surface area contributed by atoms with E-state index in [0.29, 0.717) is 36.8 Å². The molecule has 1 rings (SSSR count). The van der Waals surface area contributed by atoms with Crippen LogP contribution in [-0.4, -0.2) is 39.5 Å². The fourth-order valence-corrected chi connectivity index (χ4v) is 1.48. The molecule has 0 aliphatic carbocycles. The number of carbonyl (C=O) groups is 1. The van der Waals surface area contributed by atoms with Gasteiger partial charge in [0.05, 0.1) is 12.2 Å². The van der Waals surface area contributed by atoms with Crippen LogP contribution in [0.25, 0.3) is 0 Å². The average Bonchev–Trinajstić information content (AvgIpc) is 2.36. The van der Waals surface area contributed by atoms with Crippen LogP contribution in [0.5, 0.6) is 0 Å². The van der Waals surface area contributed by atoms with Crippen LogP contribution in [-0.2, 0) is 14.2 Å². The Kier molecular flexibility index (Phi) is 6.70. The summed E-state index contributed by atoms with van der Waals surface area (Å²) in [6.07, 6.45) is 0.816. The van der Waals surface area contributed by atoms with Gasteiger partial charge in [-0.1, -0.05) is 0 Å². The zero-order valence-electron chi connectivity index (χ0n) is 11.1. The SMILES string of the molecule is COCCCOCCOC(=O)c1cc(N)cc(N)c1. The number of carbonyl (C=O) groups excluding carboxylic acids is 1. The molecule has 1 aromatic carbocycles. The van der Waals surface area contributed by atoms with Crippen LogP contribution < -0.4 is 11.5 Å². The number of ether oxygens (including phenoxy) is 3. The Balaban J connectivity index is 2.24. The van der Waals surface area contributed by atoms with Gasteiger partial charge in [0, 0.05) is 31.7 Å². The first kappa shape index (κ1) is 15.3. The van der Waals surface area contributed by atoms with Crippen LogP contribution in [0.4, 0.5) is 11.4 Å². The van der Waals surface area contributed by atoms with Crippen LogP contribution in [0.2, 0.25) is 0 Å². The minimum atomic E-state index is -0.459. The number of esters is 1. The molecule has 6 heteroatoms. The van der Waals surface area contributed by atoms with Gasteiger partial charge in [-0.05, 0) is 24.6 Å². The molecular weight excluding hydrogens is 248 g/mol. The predicted octanol–water partition coefficient (Wildman–Crippen LogP) is 1.06. The number of hydrogen-bond acceptors (Lipinski definition) is 6. The molecule has 0 aliphatic rings. The Bertz CT molecular complexity index is 389. The van der Waals surface area contributed by atoms with Crippen molar-refractivity contribution in [1.29, 1.82) is 0 Å². The molecule has 4 N–H and O–H groups in total. The van der Waals surface area contributed by atoms with E-state index in [1.54, 1.807) is 13.2 Å². The molecule has 0 fully saturated rings. The van der Waals surface area contributed by atoms with E-state index in [9.17, 15) is 4.79 Å². The van der Waals surface area contributed by atoms with Crippen LogP contribution in [0.15, 0.2) is 18.2 Å². The van der Waals surface area contributed by atoms with Gasteiger partial charge in [0.1, 0.15) is 6.61 Å². The second-order valence-corrected chi connectivity index (χ2v) is 3.98. The van der Waals surface area contributed by atoms with Crippen molar-refractivity contribution in [2.24, 2.45) is 0 Å². The van der Waals surface area contributed by atoms with Crippen LogP contribution in [0, 0.1) is 0 Å². The zero-order chi connectivity index (χ0) is 14.1. The summed E-state index contributed by atoms with van der Waals surface area (Å²) in [6, 6.07) is 4.63. The van der Waals surface area contributed by atoms with E-state index >= 15 is 0 Å². The summed E-state index contributed by atoms with van der Waals surface area (Å²) in [6.45, 7) is 1.78. The largest absolute Gasteiger partial charge is 0.460 e. The van der Waals surface area contributed by atoms with Crippen LogP contribution >= 0.6 is 0 Å². The summed E-state index contributed by atoms with van der Waals surface area (Å²) in [5, 5.41) is 0. The van der Waals surface area contributed by atoms with Crippen molar-refractivity contribution >= 4 is 17.3 Å². The Morgan fingerprint density at radius 2 is 1.74 bits per heavy atom. The summed E-state index contributed by atoms with van der Waals surface area (Å²) in [5.74, 6) is -0.459. The predicted molar refractivity (Wildman–Crippen MR) is 72.9 cm³/mol. The van der Waals surface area contributed by atoms with Gasteiger partial charge < -0.3 is 25.7 Å². The van der Waals surface area contributed by atoms with E-state index in [1.807, 2.05) is 0 Å². The van der Waals surface area contributed by atoms with Crippen molar-refractivity contribution < 1.29 is 19.0 Å². The smallest absolute Gasteiger partial charge is 0.338 e. The molecule has 0 aliphatic heterocycles. The molecule has 0 spiro atoms. The summed E-state index contributed by atoms with van der Waals surface area (Å²) in [5.41, 5.74) is 12.4. The summed E-state index contributed by atoms with van der Waals surface area (Å²) in [7, 11) is 1.64. The van der Waals surface area contributed by atoms with E-state index < -0.39 is 5.97 Å². The first-order valence-corrected chi connectivity index (χ1v) is 6.03. The van der Waals surface area contributed by atoms with Crippen molar-refractivity contribution in [1.82, 2.24) is 0 Å². The quantitative estimate of drug-likeness (QED) is 0.416. The standard InChI is InChI=1S/C13H20N2O4/c1-17-3-2-4-18-5-6-19-13(16)10-7-11(14)9-12(15)8-10/h7-9H,2-6,14-15H2,1H3. The molecule has 19 heavy (non-hydrogen) atoms. The number of anilines is 2. The van der Waals surface area contributed by atoms with Gasteiger partial charge in [0.25, 0.3) is 0 Å². The highest BCUT2D eigenvalue weighted by Gasteiger charge is 2.08. The third-order valence-electron chi connectivity index (χ3n) is 2.31. The van der Waals surface area contributed by atoms with E-state index in [2.05, 4.69) is 0 Å². The number of rotatable bonds is 8. The lowest BCUT2D eigenvalue weighted by molar-refractivity contribution is 0.0288. The van der Waals surface area contributed by atoms with Gasteiger partial charge in [-0.15, -0.1) is 0 Å². The molecular formula is C13H20N2O4. The molecule has 0 bridgehead atoms. The highest BCUT2D eigenvalue weighted by Crippen LogP contribution is 2.14. The van der Waals surface area contributed by atoms with E-state index in [4.69, 9.17) is 25.7 Å². The van der Waals surface area contributed by atoms with Gasteiger partial charge >= 0.3 is 5.97 Å². The van der Waals surface area contributed by atoms with Crippen LogP contribution in [0.3, 0.4) is 0 Å². The lowest BCUT2D eigenvalue weighted by Gasteiger charge is -2.07. The van der Waals surface area contributed by atoms with Gasteiger partial charge in [-0.25, -0.2) is 4.79 Å². The highest BCUT2D eigenvalue weighted by molar-refractivity contribution is 5.91. The Morgan fingerprint density at radius 1 is 1.05 bits per heavy atom. The first-order chi connectivity index (χ1) is 9.13. The monoisotopic (exact) mass is 268 g/mol. The number of benzene rings is 1. The number of hydrogen-bond donors (Lipinski definition) is 2. The number of methoxy groups -OCH3 is 1. The van der Waals surface area contributed by atoms with Crippen LogP contribution in [0.1, 0.15) is 16.8 Å². The van der Waals surface area contributed by atoms with Crippen molar-refractivity contribution in [3.05, 3.63) is 23.8 Å². The minimum absolute atomic E-state index is 0.195. The van der Waals surface area contributed by atoms with E-state index in [0.717, 1.165) is 6.42 Å². The molecule has 0 atom stereocenters. The molecule has 1 aromatic rings. The Morgan fingerprint density at radius 3 is 2.37 bits per heavy atom. The summed E-state index contributed by atoms with van der Waals surface area (Å²) < 4.78 is 15.2. The topological polar surface area (TPSA) is 96.8 Å². The number of nitrogen functional groups attached to an aromatic ring is 2. The fraction of sp³-hybridized carbons (Fsp3) is 0.462.